The smallest absolute Gasteiger partial charge is 0.324 e. The molecular formula is C12H24N2O2. The van der Waals surface area contributed by atoms with Gasteiger partial charge in [-0.05, 0) is 47.2 Å². The Morgan fingerprint density at radius 2 is 2.25 bits per heavy atom. The van der Waals surface area contributed by atoms with Crippen LogP contribution in [0, 0.1) is 0 Å². The molecule has 1 aliphatic rings. The molecule has 4 heteroatoms. The van der Waals surface area contributed by atoms with Crippen molar-refractivity contribution in [2.45, 2.75) is 45.2 Å². The topological polar surface area (TPSA) is 41.6 Å². The lowest BCUT2D eigenvalue weighted by Crippen LogP contribution is -2.50. The van der Waals surface area contributed by atoms with E-state index >= 15 is 0 Å². The second-order valence-electron chi connectivity index (χ2n) is 4.96. The minimum atomic E-state index is -0.211. The number of likely N-dealkylation sites (N-methyl/N-ethyl adjacent to an activating group) is 1. The van der Waals surface area contributed by atoms with Gasteiger partial charge in [0.1, 0.15) is 6.04 Å². The van der Waals surface area contributed by atoms with Crippen LogP contribution in [0.4, 0.5) is 0 Å². The summed E-state index contributed by atoms with van der Waals surface area (Å²) in [6.45, 7) is 8.56. The van der Waals surface area contributed by atoms with Gasteiger partial charge in [-0.15, -0.1) is 0 Å². The van der Waals surface area contributed by atoms with E-state index < -0.39 is 0 Å². The van der Waals surface area contributed by atoms with Crippen molar-refractivity contribution in [2.24, 2.45) is 0 Å². The Balaban J connectivity index is 2.53. The first-order valence-electron chi connectivity index (χ1n) is 6.10. The maximum absolute atomic E-state index is 11.7. The van der Waals surface area contributed by atoms with Crippen molar-refractivity contribution in [1.29, 1.82) is 0 Å². The predicted octanol–water partition coefficient (Wildman–Crippen LogP) is 1.01. The quantitative estimate of drug-likeness (QED) is 0.713. The first-order chi connectivity index (χ1) is 7.51. The number of nitrogens with one attached hydrogen (secondary N) is 1. The first-order valence-corrected chi connectivity index (χ1v) is 6.10. The average Bonchev–Trinajstić information content (AvgIpc) is 2.54. The molecule has 1 rings (SSSR count). The molecule has 0 aromatic carbocycles. The van der Waals surface area contributed by atoms with Crippen molar-refractivity contribution in [3.63, 3.8) is 0 Å². The van der Waals surface area contributed by atoms with Gasteiger partial charge in [0, 0.05) is 12.1 Å². The lowest BCUT2D eigenvalue weighted by Gasteiger charge is -2.33. The van der Waals surface area contributed by atoms with Crippen LogP contribution in [-0.4, -0.2) is 49.2 Å². The zero-order valence-corrected chi connectivity index (χ0v) is 10.9. The Bertz CT molecular complexity index is 241. The third-order valence-electron chi connectivity index (χ3n) is 3.40. The van der Waals surface area contributed by atoms with E-state index in [1.54, 1.807) is 0 Å². The number of likely N-dealkylation sites (tertiary alicyclic amines) is 1. The van der Waals surface area contributed by atoms with Crippen molar-refractivity contribution in [3.05, 3.63) is 0 Å². The van der Waals surface area contributed by atoms with Crippen molar-refractivity contribution in [2.75, 3.05) is 26.7 Å². The number of ether oxygens (including phenoxy) is 1. The molecule has 4 nitrogen and oxygen atoms in total. The summed E-state index contributed by atoms with van der Waals surface area (Å²) in [6, 6.07) is -0.211. The van der Waals surface area contributed by atoms with Crippen LogP contribution in [0.1, 0.15) is 33.6 Å². The van der Waals surface area contributed by atoms with Crippen molar-refractivity contribution >= 4 is 5.97 Å². The zero-order valence-electron chi connectivity index (χ0n) is 10.9. The molecule has 0 amide bonds. The number of hydrogen-bond acceptors (Lipinski definition) is 4. The molecular weight excluding hydrogens is 204 g/mol. The lowest BCUT2D eigenvalue weighted by molar-refractivity contribution is -0.146. The van der Waals surface area contributed by atoms with Crippen molar-refractivity contribution in [1.82, 2.24) is 10.2 Å². The molecule has 1 heterocycles. The first kappa shape index (κ1) is 13.5. The highest BCUT2D eigenvalue weighted by molar-refractivity contribution is 5.76. The fourth-order valence-corrected chi connectivity index (χ4v) is 2.25. The van der Waals surface area contributed by atoms with E-state index in [1.807, 2.05) is 14.0 Å². The fraction of sp³-hybridized carbons (Fsp3) is 0.917. The third kappa shape index (κ3) is 3.19. The van der Waals surface area contributed by atoms with Crippen molar-refractivity contribution < 1.29 is 9.53 Å². The van der Waals surface area contributed by atoms with Gasteiger partial charge < -0.3 is 10.1 Å². The van der Waals surface area contributed by atoms with Gasteiger partial charge in [-0.2, -0.15) is 0 Å². The van der Waals surface area contributed by atoms with E-state index in [2.05, 4.69) is 24.1 Å². The van der Waals surface area contributed by atoms with Crippen LogP contribution in [-0.2, 0) is 9.53 Å². The molecule has 94 valence electrons. The van der Waals surface area contributed by atoms with Crippen LogP contribution in [0.3, 0.4) is 0 Å². The SMILES string of the molecule is CCOC(=O)C(CN1CCCC1(C)C)NC. The highest BCUT2D eigenvalue weighted by atomic mass is 16.5. The summed E-state index contributed by atoms with van der Waals surface area (Å²) in [5.41, 5.74) is 0.210. The normalized spacial score (nSPS) is 22.0. The van der Waals surface area contributed by atoms with Crippen LogP contribution in [0.2, 0.25) is 0 Å². The average molecular weight is 228 g/mol. The molecule has 1 N–H and O–H groups in total. The van der Waals surface area contributed by atoms with Crippen LogP contribution in [0.25, 0.3) is 0 Å². The molecule has 16 heavy (non-hydrogen) atoms. The molecule has 1 unspecified atom stereocenters. The summed E-state index contributed by atoms with van der Waals surface area (Å²) in [5, 5.41) is 3.04. The Labute approximate surface area is 98.3 Å². The number of nitrogens with zero attached hydrogens (tertiary/aromatic N) is 1. The largest absolute Gasteiger partial charge is 0.465 e. The summed E-state index contributed by atoms with van der Waals surface area (Å²) in [4.78, 5) is 14.0. The molecule has 1 saturated heterocycles. The number of rotatable bonds is 5. The number of carbonyl (C=O) groups excluding carboxylic acids is 1. The molecule has 1 aliphatic heterocycles. The van der Waals surface area contributed by atoms with E-state index in [9.17, 15) is 4.79 Å². The number of carbonyl (C=O) groups is 1. The predicted molar refractivity (Wildman–Crippen MR) is 64.4 cm³/mol. The Hall–Kier alpha value is -0.610. The van der Waals surface area contributed by atoms with E-state index in [4.69, 9.17) is 4.74 Å². The second-order valence-corrected chi connectivity index (χ2v) is 4.96. The summed E-state index contributed by atoms with van der Waals surface area (Å²) in [6.07, 6.45) is 2.42. The third-order valence-corrected chi connectivity index (χ3v) is 3.40. The van der Waals surface area contributed by atoms with Crippen molar-refractivity contribution in [3.8, 4) is 0 Å². The maximum atomic E-state index is 11.7. The minimum absolute atomic E-state index is 0.146. The molecule has 0 aliphatic carbocycles. The Morgan fingerprint density at radius 1 is 1.56 bits per heavy atom. The van der Waals surface area contributed by atoms with E-state index in [0.29, 0.717) is 6.61 Å². The summed E-state index contributed by atoms with van der Waals surface area (Å²) >= 11 is 0. The lowest BCUT2D eigenvalue weighted by atomic mass is 10.0. The highest BCUT2D eigenvalue weighted by Crippen LogP contribution is 2.27. The van der Waals surface area contributed by atoms with Gasteiger partial charge in [-0.25, -0.2) is 0 Å². The monoisotopic (exact) mass is 228 g/mol. The van der Waals surface area contributed by atoms with E-state index in [-0.39, 0.29) is 17.6 Å². The minimum Gasteiger partial charge on any atom is -0.465 e. The zero-order chi connectivity index (χ0) is 12.2. The van der Waals surface area contributed by atoms with Gasteiger partial charge in [0.2, 0.25) is 0 Å². The summed E-state index contributed by atoms with van der Waals surface area (Å²) in [5.74, 6) is -0.146. The molecule has 0 bridgehead atoms. The van der Waals surface area contributed by atoms with Gasteiger partial charge in [0.15, 0.2) is 0 Å². The van der Waals surface area contributed by atoms with E-state index in [1.165, 1.54) is 12.8 Å². The molecule has 1 fully saturated rings. The second kappa shape index (κ2) is 5.64. The molecule has 0 radical (unpaired) electrons. The summed E-state index contributed by atoms with van der Waals surface area (Å²) in [7, 11) is 1.81. The van der Waals surface area contributed by atoms with Gasteiger partial charge in [0.25, 0.3) is 0 Å². The van der Waals surface area contributed by atoms with Gasteiger partial charge >= 0.3 is 5.97 Å². The van der Waals surface area contributed by atoms with Crippen LogP contribution >= 0.6 is 0 Å². The maximum Gasteiger partial charge on any atom is 0.324 e. The number of esters is 1. The standard InChI is InChI=1S/C12H24N2O2/c1-5-16-11(15)10(13-4)9-14-8-6-7-12(14,2)3/h10,13H,5-9H2,1-4H3. The molecule has 0 aromatic heterocycles. The fourth-order valence-electron chi connectivity index (χ4n) is 2.25. The van der Waals surface area contributed by atoms with Crippen LogP contribution < -0.4 is 5.32 Å². The van der Waals surface area contributed by atoms with Gasteiger partial charge in [-0.3, -0.25) is 9.69 Å². The molecule has 0 spiro atoms. The van der Waals surface area contributed by atoms with Gasteiger partial charge in [0.05, 0.1) is 6.61 Å². The Morgan fingerprint density at radius 3 is 2.69 bits per heavy atom. The van der Waals surface area contributed by atoms with E-state index in [0.717, 1.165) is 13.1 Å². The summed E-state index contributed by atoms with van der Waals surface area (Å²) < 4.78 is 5.05. The van der Waals surface area contributed by atoms with Crippen LogP contribution in [0.5, 0.6) is 0 Å². The number of hydrogen-bond donors (Lipinski definition) is 1. The van der Waals surface area contributed by atoms with Gasteiger partial charge in [-0.1, -0.05) is 0 Å². The molecule has 0 saturated carbocycles. The Kier molecular flexibility index (Phi) is 4.74. The highest BCUT2D eigenvalue weighted by Gasteiger charge is 2.34. The molecule has 0 aromatic rings. The van der Waals surface area contributed by atoms with Crippen LogP contribution in [0.15, 0.2) is 0 Å². The molecule has 1 atom stereocenters.